The Balaban J connectivity index is 1.96. The van der Waals surface area contributed by atoms with E-state index in [1.54, 1.807) is 24.3 Å². The van der Waals surface area contributed by atoms with E-state index in [9.17, 15) is 14.7 Å². The van der Waals surface area contributed by atoms with Crippen LogP contribution in [0.15, 0.2) is 42.0 Å². The van der Waals surface area contributed by atoms with Crippen LogP contribution in [0.3, 0.4) is 0 Å². The molecule has 6 nitrogen and oxygen atoms in total. The quantitative estimate of drug-likeness (QED) is 0.343. The zero-order valence-corrected chi connectivity index (χ0v) is 17.2. The minimum absolute atomic E-state index is 0.0158. The van der Waals surface area contributed by atoms with Gasteiger partial charge in [0, 0.05) is 3.57 Å². The normalized spacial score (nSPS) is 15.6. The first-order valence-electron chi connectivity index (χ1n) is 7.10. The first-order valence-corrected chi connectivity index (χ1v) is 9.25. The number of ether oxygens (including phenoxy) is 1. The first-order chi connectivity index (χ1) is 11.9. The number of phenolic OH excluding ortho intramolecular Hbond substituents is 1. The van der Waals surface area contributed by atoms with Crippen molar-refractivity contribution in [2.75, 3.05) is 12.1 Å². The highest BCUT2D eigenvalue weighted by Crippen LogP contribution is 2.33. The molecule has 0 radical (unpaired) electrons. The molecule has 0 unspecified atom stereocenters. The topological polar surface area (TPSA) is 78.9 Å². The van der Waals surface area contributed by atoms with Crippen molar-refractivity contribution >= 4 is 68.8 Å². The van der Waals surface area contributed by atoms with Gasteiger partial charge in [-0.2, -0.15) is 0 Å². The van der Waals surface area contributed by atoms with Gasteiger partial charge in [-0.25, -0.2) is 5.01 Å². The van der Waals surface area contributed by atoms with Crippen molar-refractivity contribution in [1.29, 1.82) is 0 Å². The van der Waals surface area contributed by atoms with Gasteiger partial charge in [-0.15, -0.1) is 0 Å². The molecule has 1 aliphatic heterocycles. The van der Waals surface area contributed by atoms with Gasteiger partial charge in [0.25, 0.3) is 11.8 Å². The van der Waals surface area contributed by atoms with Crippen LogP contribution in [0.2, 0.25) is 0 Å². The predicted octanol–water partition coefficient (Wildman–Crippen LogP) is 3.07. The van der Waals surface area contributed by atoms with Crippen LogP contribution in [0, 0.1) is 7.14 Å². The number of halogens is 2. The van der Waals surface area contributed by atoms with E-state index in [2.05, 4.69) is 28.0 Å². The number of rotatable bonds is 3. The molecule has 128 valence electrons. The largest absolute Gasteiger partial charge is 0.504 e. The number of nitrogens with zero attached hydrogens (tertiary/aromatic N) is 1. The van der Waals surface area contributed by atoms with E-state index < -0.39 is 11.8 Å². The summed E-state index contributed by atoms with van der Waals surface area (Å²) < 4.78 is 6.69. The lowest BCUT2D eigenvalue weighted by atomic mass is 10.1. The number of nitrogens with one attached hydrogen (secondary N) is 1. The van der Waals surface area contributed by atoms with Crippen LogP contribution in [-0.2, 0) is 9.59 Å². The number of hydrazine groups is 1. The van der Waals surface area contributed by atoms with Crippen LogP contribution in [0.5, 0.6) is 11.5 Å². The van der Waals surface area contributed by atoms with Crippen molar-refractivity contribution in [2.24, 2.45) is 0 Å². The maximum Gasteiger partial charge on any atom is 0.282 e. The van der Waals surface area contributed by atoms with E-state index in [1.807, 2.05) is 34.7 Å². The summed E-state index contributed by atoms with van der Waals surface area (Å²) in [6.07, 6.45) is 1.48. The van der Waals surface area contributed by atoms with Crippen molar-refractivity contribution in [1.82, 2.24) is 5.43 Å². The average Bonchev–Trinajstić information content (AvgIpc) is 2.86. The highest BCUT2D eigenvalue weighted by atomic mass is 127. The summed E-state index contributed by atoms with van der Waals surface area (Å²) in [5.74, 6) is -0.620. The van der Waals surface area contributed by atoms with Gasteiger partial charge < -0.3 is 9.84 Å². The first kappa shape index (κ1) is 18.0. The molecule has 2 amide bonds. The van der Waals surface area contributed by atoms with E-state index in [0.717, 1.165) is 3.57 Å². The molecule has 1 aliphatic rings. The average molecular weight is 562 g/mol. The second-order valence-electron chi connectivity index (χ2n) is 5.17. The minimum Gasteiger partial charge on any atom is -0.504 e. The van der Waals surface area contributed by atoms with E-state index in [4.69, 9.17) is 4.74 Å². The number of carbonyl (C=O) groups is 2. The molecule has 25 heavy (non-hydrogen) atoms. The second kappa shape index (κ2) is 7.20. The standard InChI is InChI=1S/C17H12I2N2O4/c1-25-14-8-9(7-13(19)15(14)22)6-12-16(23)20-21(17(12)24)11-4-2-10(18)3-5-11/h2-8,22H,1H3,(H,20,23)/b12-6-. The third-order valence-electron chi connectivity index (χ3n) is 3.56. The number of aromatic hydroxyl groups is 1. The fraction of sp³-hybridized carbons (Fsp3) is 0.0588. The lowest BCUT2D eigenvalue weighted by molar-refractivity contribution is -0.117. The Morgan fingerprint density at radius 1 is 1.16 bits per heavy atom. The van der Waals surface area contributed by atoms with Gasteiger partial charge in [-0.1, -0.05) is 0 Å². The molecule has 0 saturated carbocycles. The Labute approximate surface area is 171 Å². The molecular weight excluding hydrogens is 550 g/mol. The zero-order valence-electron chi connectivity index (χ0n) is 12.9. The molecule has 0 aromatic heterocycles. The summed E-state index contributed by atoms with van der Waals surface area (Å²) >= 11 is 4.12. The van der Waals surface area contributed by atoms with E-state index in [-0.39, 0.29) is 17.1 Å². The number of hydrogen-bond donors (Lipinski definition) is 2. The van der Waals surface area contributed by atoms with Gasteiger partial charge in [0.05, 0.1) is 16.4 Å². The molecule has 3 rings (SSSR count). The minimum atomic E-state index is -0.481. The predicted molar refractivity (Wildman–Crippen MR) is 110 cm³/mol. The monoisotopic (exact) mass is 562 g/mol. The van der Waals surface area contributed by atoms with Crippen LogP contribution < -0.4 is 15.2 Å². The Morgan fingerprint density at radius 2 is 1.84 bits per heavy atom. The molecule has 1 heterocycles. The SMILES string of the molecule is COc1cc(/C=C2/C(=O)NN(c3ccc(I)cc3)C2=O)cc(I)c1O. The molecule has 1 saturated heterocycles. The number of hydrogen-bond acceptors (Lipinski definition) is 4. The maximum atomic E-state index is 12.6. The van der Waals surface area contributed by atoms with Crippen molar-refractivity contribution < 1.29 is 19.4 Å². The lowest BCUT2D eigenvalue weighted by Gasteiger charge is -2.14. The van der Waals surface area contributed by atoms with Gasteiger partial charge in [-0.3, -0.25) is 15.0 Å². The summed E-state index contributed by atoms with van der Waals surface area (Å²) in [4.78, 5) is 24.8. The maximum absolute atomic E-state index is 12.6. The van der Waals surface area contributed by atoms with Crippen molar-refractivity contribution in [2.45, 2.75) is 0 Å². The Kier molecular flexibility index (Phi) is 5.18. The van der Waals surface area contributed by atoms with Gasteiger partial charge in [0.2, 0.25) is 0 Å². The zero-order chi connectivity index (χ0) is 18.1. The fourth-order valence-corrected chi connectivity index (χ4v) is 3.31. The molecule has 0 spiro atoms. The third kappa shape index (κ3) is 3.59. The number of methoxy groups -OCH3 is 1. The Morgan fingerprint density at radius 3 is 2.48 bits per heavy atom. The van der Waals surface area contributed by atoms with Gasteiger partial charge in [0.15, 0.2) is 11.5 Å². The van der Waals surface area contributed by atoms with E-state index in [0.29, 0.717) is 14.8 Å². The van der Waals surface area contributed by atoms with Crippen LogP contribution >= 0.6 is 45.2 Å². The summed E-state index contributed by atoms with van der Waals surface area (Å²) in [5, 5.41) is 11.1. The van der Waals surface area contributed by atoms with Crippen molar-refractivity contribution in [3.63, 3.8) is 0 Å². The van der Waals surface area contributed by atoms with E-state index in [1.165, 1.54) is 18.2 Å². The summed E-state index contributed by atoms with van der Waals surface area (Å²) in [6, 6.07) is 10.5. The Hall–Kier alpha value is -1.82. The number of carbonyl (C=O) groups excluding carboxylic acids is 2. The number of anilines is 1. The van der Waals surface area contributed by atoms with E-state index >= 15 is 0 Å². The molecule has 1 fully saturated rings. The summed E-state index contributed by atoms with van der Waals surface area (Å²) in [7, 11) is 1.44. The van der Waals surface area contributed by atoms with Crippen LogP contribution in [0.1, 0.15) is 5.56 Å². The number of phenols is 1. The molecule has 0 bridgehead atoms. The molecule has 2 aromatic rings. The van der Waals surface area contributed by atoms with Gasteiger partial charge in [0.1, 0.15) is 5.57 Å². The highest BCUT2D eigenvalue weighted by Gasteiger charge is 2.34. The molecule has 0 aliphatic carbocycles. The van der Waals surface area contributed by atoms with Crippen molar-refractivity contribution in [3.8, 4) is 11.5 Å². The number of benzene rings is 2. The molecule has 0 atom stereocenters. The molecule has 2 aromatic carbocycles. The van der Waals surface area contributed by atoms with Gasteiger partial charge >= 0.3 is 0 Å². The highest BCUT2D eigenvalue weighted by molar-refractivity contribution is 14.1. The summed E-state index contributed by atoms with van der Waals surface area (Å²) in [5.41, 5.74) is 3.74. The van der Waals surface area contributed by atoms with Crippen LogP contribution in [0.25, 0.3) is 6.08 Å². The van der Waals surface area contributed by atoms with Crippen LogP contribution in [0.4, 0.5) is 5.69 Å². The molecular formula is C17H12I2N2O4. The fourth-order valence-electron chi connectivity index (χ4n) is 2.33. The summed E-state index contributed by atoms with van der Waals surface area (Å²) in [6.45, 7) is 0. The second-order valence-corrected chi connectivity index (χ2v) is 7.58. The van der Waals surface area contributed by atoms with Crippen LogP contribution in [-0.4, -0.2) is 24.0 Å². The lowest BCUT2D eigenvalue weighted by Crippen LogP contribution is -2.35. The molecule has 8 heteroatoms. The van der Waals surface area contributed by atoms with Gasteiger partial charge in [-0.05, 0) is 93.2 Å². The molecule has 2 N–H and O–H groups in total. The Bertz CT molecular complexity index is 894. The third-order valence-corrected chi connectivity index (χ3v) is 5.10. The van der Waals surface area contributed by atoms with Crippen molar-refractivity contribution in [3.05, 3.63) is 54.7 Å². The smallest absolute Gasteiger partial charge is 0.282 e. The number of amides is 2.